The van der Waals surface area contributed by atoms with Gasteiger partial charge in [0.25, 0.3) is 5.91 Å². The highest BCUT2D eigenvalue weighted by molar-refractivity contribution is 6.07. The first-order valence-corrected chi connectivity index (χ1v) is 6.97. The van der Waals surface area contributed by atoms with E-state index in [1.807, 2.05) is 12.1 Å². The van der Waals surface area contributed by atoms with Gasteiger partial charge in [0.15, 0.2) is 11.5 Å². The summed E-state index contributed by atoms with van der Waals surface area (Å²) in [5, 5.41) is 6.73. The van der Waals surface area contributed by atoms with Crippen LogP contribution in [0.3, 0.4) is 0 Å². The van der Waals surface area contributed by atoms with Crippen LogP contribution in [-0.2, 0) is 4.79 Å². The summed E-state index contributed by atoms with van der Waals surface area (Å²) in [6, 6.07) is 7.15. The van der Waals surface area contributed by atoms with Crippen LogP contribution in [0.2, 0.25) is 0 Å². The molecule has 1 aromatic heterocycles. The predicted octanol–water partition coefficient (Wildman–Crippen LogP) is 0.925. The van der Waals surface area contributed by atoms with Crippen molar-refractivity contribution in [1.29, 1.82) is 0 Å². The van der Waals surface area contributed by atoms with Gasteiger partial charge in [0.05, 0.1) is 5.71 Å². The van der Waals surface area contributed by atoms with E-state index in [9.17, 15) is 9.59 Å². The molecule has 0 atom stereocenters. The van der Waals surface area contributed by atoms with Crippen molar-refractivity contribution in [3.05, 3.63) is 47.9 Å². The van der Waals surface area contributed by atoms with Gasteiger partial charge in [-0.2, -0.15) is 5.10 Å². The molecule has 0 aliphatic carbocycles. The standard InChI is InChI=1S/C15H14N6O2/c16-14-13(17-7-8-18-14)15(23)19-10-3-1-9(2-4-10)11-5-6-12(22)21-20-11/h1-4,7-8H,5-6H2,(H2,16,18)(H,19,23)(H,21,22). The quantitative estimate of drug-likeness (QED) is 0.778. The number of nitrogens with one attached hydrogen (secondary N) is 2. The second kappa shape index (κ2) is 6.22. The molecule has 0 saturated heterocycles. The minimum absolute atomic E-state index is 0.0777. The smallest absolute Gasteiger partial charge is 0.278 e. The molecule has 0 bridgehead atoms. The molecular weight excluding hydrogens is 296 g/mol. The number of anilines is 2. The highest BCUT2D eigenvalue weighted by Gasteiger charge is 2.14. The van der Waals surface area contributed by atoms with Gasteiger partial charge in [0, 0.05) is 30.9 Å². The van der Waals surface area contributed by atoms with Crippen molar-refractivity contribution >= 4 is 29.0 Å². The highest BCUT2D eigenvalue weighted by atomic mass is 16.2. The Morgan fingerprint density at radius 2 is 1.87 bits per heavy atom. The van der Waals surface area contributed by atoms with Crippen LogP contribution in [0, 0.1) is 0 Å². The molecule has 3 rings (SSSR count). The zero-order valence-corrected chi connectivity index (χ0v) is 12.1. The first kappa shape index (κ1) is 14.6. The van der Waals surface area contributed by atoms with Crippen molar-refractivity contribution < 1.29 is 9.59 Å². The van der Waals surface area contributed by atoms with Gasteiger partial charge in [-0.1, -0.05) is 12.1 Å². The van der Waals surface area contributed by atoms with Gasteiger partial charge in [-0.25, -0.2) is 15.4 Å². The van der Waals surface area contributed by atoms with Crippen LogP contribution in [0.5, 0.6) is 0 Å². The molecule has 0 fully saturated rings. The lowest BCUT2D eigenvalue weighted by Gasteiger charge is -2.12. The van der Waals surface area contributed by atoms with Crippen LogP contribution in [0.25, 0.3) is 0 Å². The molecule has 1 aliphatic rings. The van der Waals surface area contributed by atoms with Crippen molar-refractivity contribution in [3.63, 3.8) is 0 Å². The van der Waals surface area contributed by atoms with E-state index >= 15 is 0 Å². The summed E-state index contributed by atoms with van der Waals surface area (Å²) in [5.74, 6) is -0.432. The van der Waals surface area contributed by atoms with Gasteiger partial charge in [0.2, 0.25) is 5.91 Å². The summed E-state index contributed by atoms with van der Waals surface area (Å²) in [7, 11) is 0. The lowest BCUT2D eigenvalue weighted by molar-refractivity contribution is -0.121. The molecule has 2 amide bonds. The zero-order valence-electron chi connectivity index (χ0n) is 12.1. The second-order valence-corrected chi connectivity index (χ2v) is 4.92. The molecule has 8 heteroatoms. The summed E-state index contributed by atoms with van der Waals surface area (Å²) in [6.45, 7) is 0. The number of nitrogens with two attached hydrogens (primary N) is 1. The normalized spacial score (nSPS) is 13.9. The SMILES string of the molecule is Nc1nccnc1C(=O)Nc1ccc(C2=NNC(=O)CC2)cc1. The minimum atomic E-state index is -0.425. The molecular formula is C15H14N6O2. The lowest BCUT2D eigenvalue weighted by atomic mass is 10.0. The number of nitrogen functional groups attached to an aromatic ring is 1. The molecule has 0 saturated carbocycles. The fourth-order valence-corrected chi connectivity index (χ4v) is 2.14. The van der Waals surface area contributed by atoms with Crippen molar-refractivity contribution in [1.82, 2.24) is 15.4 Å². The Morgan fingerprint density at radius 3 is 2.52 bits per heavy atom. The number of nitrogens with zero attached hydrogens (tertiary/aromatic N) is 3. The maximum absolute atomic E-state index is 12.1. The van der Waals surface area contributed by atoms with E-state index in [0.29, 0.717) is 18.5 Å². The molecule has 4 N–H and O–H groups in total. The third-order valence-electron chi connectivity index (χ3n) is 3.32. The number of rotatable bonds is 3. The van der Waals surface area contributed by atoms with Gasteiger partial charge in [-0.05, 0) is 17.7 Å². The van der Waals surface area contributed by atoms with Crippen molar-refractivity contribution in [2.45, 2.75) is 12.8 Å². The van der Waals surface area contributed by atoms with Crippen LogP contribution in [0.4, 0.5) is 11.5 Å². The lowest BCUT2D eigenvalue weighted by Crippen LogP contribution is -2.25. The monoisotopic (exact) mass is 310 g/mol. The Hall–Kier alpha value is -3.29. The van der Waals surface area contributed by atoms with Gasteiger partial charge in [0.1, 0.15) is 0 Å². The van der Waals surface area contributed by atoms with E-state index in [2.05, 4.69) is 25.8 Å². The first-order valence-electron chi connectivity index (χ1n) is 6.97. The third kappa shape index (κ3) is 3.31. The van der Waals surface area contributed by atoms with Gasteiger partial charge in [-0.15, -0.1) is 0 Å². The van der Waals surface area contributed by atoms with Crippen molar-refractivity contribution in [3.8, 4) is 0 Å². The van der Waals surface area contributed by atoms with E-state index in [0.717, 1.165) is 11.3 Å². The van der Waals surface area contributed by atoms with E-state index in [-0.39, 0.29) is 17.4 Å². The first-order chi connectivity index (χ1) is 11.1. The van der Waals surface area contributed by atoms with Crippen LogP contribution in [0.1, 0.15) is 28.9 Å². The number of benzene rings is 1. The summed E-state index contributed by atoms with van der Waals surface area (Å²) in [4.78, 5) is 30.9. The number of hydrogen-bond donors (Lipinski definition) is 3. The molecule has 116 valence electrons. The Morgan fingerprint density at radius 1 is 1.13 bits per heavy atom. The predicted molar refractivity (Wildman–Crippen MR) is 84.8 cm³/mol. The highest BCUT2D eigenvalue weighted by Crippen LogP contribution is 2.15. The minimum Gasteiger partial charge on any atom is -0.382 e. The Bertz CT molecular complexity index is 785. The second-order valence-electron chi connectivity index (χ2n) is 4.92. The fraction of sp³-hybridized carbons (Fsp3) is 0.133. The van der Waals surface area contributed by atoms with Gasteiger partial charge in [-0.3, -0.25) is 9.59 Å². The molecule has 2 aromatic rings. The average molecular weight is 310 g/mol. The number of hydrazone groups is 1. The van der Waals surface area contributed by atoms with Gasteiger partial charge >= 0.3 is 0 Å². The Balaban J connectivity index is 1.72. The number of aromatic nitrogens is 2. The van der Waals surface area contributed by atoms with Crippen molar-refractivity contribution in [2.24, 2.45) is 5.10 Å². The van der Waals surface area contributed by atoms with Crippen LogP contribution >= 0.6 is 0 Å². The van der Waals surface area contributed by atoms with E-state index < -0.39 is 5.91 Å². The Labute approximate surface area is 131 Å². The summed E-state index contributed by atoms with van der Waals surface area (Å²) >= 11 is 0. The molecule has 1 aromatic carbocycles. The number of amides is 2. The van der Waals surface area contributed by atoms with Crippen LogP contribution in [-0.4, -0.2) is 27.5 Å². The zero-order chi connectivity index (χ0) is 16.2. The topological polar surface area (TPSA) is 122 Å². The summed E-state index contributed by atoms with van der Waals surface area (Å²) in [6.07, 6.45) is 3.84. The molecule has 0 radical (unpaired) electrons. The van der Waals surface area contributed by atoms with E-state index in [4.69, 9.17) is 5.73 Å². The summed E-state index contributed by atoms with van der Waals surface area (Å²) in [5.41, 5.74) is 10.5. The van der Waals surface area contributed by atoms with E-state index in [1.165, 1.54) is 12.4 Å². The number of carbonyl (C=O) groups is 2. The maximum Gasteiger partial charge on any atom is 0.278 e. The molecule has 23 heavy (non-hydrogen) atoms. The van der Waals surface area contributed by atoms with Crippen LogP contribution in [0.15, 0.2) is 41.8 Å². The third-order valence-corrected chi connectivity index (χ3v) is 3.32. The number of carbonyl (C=O) groups excluding carboxylic acids is 2. The van der Waals surface area contributed by atoms with Crippen molar-refractivity contribution in [2.75, 3.05) is 11.1 Å². The van der Waals surface area contributed by atoms with E-state index in [1.54, 1.807) is 12.1 Å². The maximum atomic E-state index is 12.1. The van der Waals surface area contributed by atoms with Crippen LogP contribution < -0.4 is 16.5 Å². The summed E-state index contributed by atoms with van der Waals surface area (Å²) < 4.78 is 0. The molecule has 0 unspecified atom stereocenters. The Kier molecular flexibility index (Phi) is 3.96. The fourth-order valence-electron chi connectivity index (χ4n) is 2.14. The molecule has 1 aliphatic heterocycles. The molecule has 2 heterocycles. The molecule has 8 nitrogen and oxygen atoms in total. The number of hydrogen-bond acceptors (Lipinski definition) is 6. The molecule has 0 spiro atoms. The largest absolute Gasteiger partial charge is 0.382 e. The van der Waals surface area contributed by atoms with Gasteiger partial charge < -0.3 is 11.1 Å². The average Bonchev–Trinajstić information content (AvgIpc) is 2.57.